The lowest BCUT2D eigenvalue weighted by atomic mass is 10.1. The van der Waals surface area contributed by atoms with Crippen LogP contribution in [-0.4, -0.2) is 33.5 Å². The first-order chi connectivity index (χ1) is 10.2. The maximum atomic E-state index is 4.63. The van der Waals surface area contributed by atoms with Crippen molar-refractivity contribution in [2.45, 2.75) is 32.7 Å². The first-order valence-corrected chi connectivity index (χ1v) is 7.26. The predicted octanol–water partition coefficient (Wildman–Crippen LogP) is 2.27. The fourth-order valence-electron chi connectivity index (χ4n) is 2.84. The third-order valence-corrected chi connectivity index (χ3v) is 3.79. The second-order valence-corrected chi connectivity index (χ2v) is 5.34. The Labute approximate surface area is 124 Å². The summed E-state index contributed by atoms with van der Waals surface area (Å²) in [6.07, 6.45) is 3.86. The fourth-order valence-corrected chi connectivity index (χ4v) is 2.84. The van der Waals surface area contributed by atoms with Crippen molar-refractivity contribution >= 4 is 11.6 Å². The molecule has 1 fully saturated rings. The lowest BCUT2D eigenvalue weighted by Gasteiger charge is -2.25. The van der Waals surface area contributed by atoms with E-state index in [9.17, 15) is 0 Å². The Bertz CT molecular complexity index is 642. The van der Waals surface area contributed by atoms with Crippen LogP contribution in [0.4, 0.5) is 11.6 Å². The highest BCUT2D eigenvalue weighted by atomic mass is 15.2. The summed E-state index contributed by atoms with van der Waals surface area (Å²) in [5.74, 6) is 2.64. The molecule has 21 heavy (non-hydrogen) atoms. The molecule has 2 aromatic heterocycles. The minimum absolute atomic E-state index is 0.257. The van der Waals surface area contributed by atoms with Gasteiger partial charge < -0.3 is 10.2 Å². The molecule has 1 saturated heterocycles. The van der Waals surface area contributed by atoms with Gasteiger partial charge in [0, 0.05) is 31.4 Å². The second kappa shape index (κ2) is 5.63. The molecular weight excluding hydrogens is 264 g/mol. The van der Waals surface area contributed by atoms with Gasteiger partial charge in [-0.1, -0.05) is 0 Å². The Kier molecular flexibility index (Phi) is 3.68. The normalized spacial score (nSPS) is 18.0. The lowest BCUT2D eigenvalue weighted by molar-refractivity contribution is 0.679. The summed E-state index contributed by atoms with van der Waals surface area (Å²) in [6.45, 7) is 4.92. The monoisotopic (exact) mass is 284 g/mol. The Morgan fingerprint density at radius 2 is 2.05 bits per heavy atom. The van der Waals surface area contributed by atoms with E-state index in [0.717, 1.165) is 48.2 Å². The minimum atomic E-state index is 0.257. The zero-order valence-corrected chi connectivity index (χ0v) is 12.7. The maximum absolute atomic E-state index is 4.63. The number of hydrogen-bond donors (Lipinski definition) is 1. The minimum Gasteiger partial charge on any atom is -0.373 e. The van der Waals surface area contributed by atoms with Gasteiger partial charge in [-0.2, -0.15) is 0 Å². The van der Waals surface area contributed by atoms with Gasteiger partial charge in [-0.25, -0.2) is 19.9 Å². The maximum Gasteiger partial charge on any atom is 0.132 e. The van der Waals surface area contributed by atoms with Crippen LogP contribution >= 0.6 is 0 Å². The molecule has 0 bridgehead atoms. The summed E-state index contributed by atoms with van der Waals surface area (Å²) in [5.41, 5.74) is 2.04. The molecular formula is C15H20N6. The van der Waals surface area contributed by atoms with Crippen molar-refractivity contribution in [1.82, 2.24) is 19.9 Å². The molecule has 1 atom stereocenters. The highest BCUT2D eigenvalue weighted by Crippen LogP contribution is 2.34. The molecule has 0 aliphatic carbocycles. The predicted molar refractivity (Wildman–Crippen MR) is 82.4 cm³/mol. The lowest BCUT2D eigenvalue weighted by Crippen LogP contribution is -2.25. The van der Waals surface area contributed by atoms with E-state index in [1.165, 1.54) is 0 Å². The molecule has 0 aromatic carbocycles. The van der Waals surface area contributed by atoms with Gasteiger partial charge in [0.15, 0.2) is 0 Å². The Hall–Kier alpha value is -2.24. The standard InChI is InChI=1S/C15H20N6/c1-10-7-15(18-9-17-10)21-6-4-5-13(21)12-8-14(16-3)20-11(2)19-12/h7-9,13H,4-6H2,1-3H3,(H,16,19,20). The van der Waals surface area contributed by atoms with Crippen molar-refractivity contribution in [2.75, 3.05) is 23.8 Å². The van der Waals surface area contributed by atoms with E-state index in [1.54, 1.807) is 6.33 Å². The van der Waals surface area contributed by atoms with Crippen LogP contribution in [0.5, 0.6) is 0 Å². The molecule has 6 nitrogen and oxygen atoms in total. The van der Waals surface area contributed by atoms with Crippen LogP contribution in [0.25, 0.3) is 0 Å². The van der Waals surface area contributed by atoms with Gasteiger partial charge in [-0.15, -0.1) is 0 Å². The van der Waals surface area contributed by atoms with E-state index in [0.29, 0.717) is 0 Å². The van der Waals surface area contributed by atoms with Crippen molar-refractivity contribution in [1.29, 1.82) is 0 Å². The average molecular weight is 284 g/mol. The van der Waals surface area contributed by atoms with E-state index in [1.807, 2.05) is 33.0 Å². The van der Waals surface area contributed by atoms with Crippen molar-refractivity contribution in [3.05, 3.63) is 35.7 Å². The van der Waals surface area contributed by atoms with Gasteiger partial charge in [0.05, 0.1) is 11.7 Å². The van der Waals surface area contributed by atoms with E-state index in [2.05, 4.69) is 30.2 Å². The molecule has 0 saturated carbocycles. The number of nitrogens with zero attached hydrogens (tertiary/aromatic N) is 5. The highest BCUT2D eigenvalue weighted by molar-refractivity contribution is 5.45. The summed E-state index contributed by atoms with van der Waals surface area (Å²) < 4.78 is 0. The number of nitrogens with one attached hydrogen (secondary N) is 1. The molecule has 1 aliphatic heterocycles. The fraction of sp³-hybridized carbons (Fsp3) is 0.467. The van der Waals surface area contributed by atoms with Crippen molar-refractivity contribution in [3.63, 3.8) is 0 Å². The quantitative estimate of drug-likeness (QED) is 0.932. The van der Waals surface area contributed by atoms with Crippen LogP contribution < -0.4 is 10.2 Å². The largest absolute Gasteiger partial charge is 0.373 e. The molecule has 0 radical (unpaired) electrons. The zero-order chi connectivity index (χ0) is 14.8. The molecule has 3 rings (SSSR count). The highest BCUT2D eigenvalue weighted by Gasteiger charge is 2.28. The van der Waals surface area contributed by atoms with Crippen LogP contribution in [0.15, 0.2) is 18.5 Å². The Morgan fingerprint density at radius 1 is 1.19 bits per heavy atom. The molecule has 0 amide bonds. The Balaban J connectivity index is 1.95. The van der Waals surface area contributed by atoms with Gasteiger partial charge in [0.25, 0.3) is 0 Å². The zero-order valence-electron chi connectivity index (χ0n) is 12.7. The van der Waals surface area contributed by atoms with Crippen LogP contribution in [0.1, 0.15) is 36.1 Å². The van der Waals surface area contributed by atoms with E-state index < -0.39 is 0 Å². The van der Waals surface area contributed by atoms with Crippen LogP contribution in [0, 0.1) is 13.8 Å². The summed E-state index contributed by atoms with van der Waals surface area (Å²) in [4.78, 5) is 19.9. The summed E-state index contributed by atoms with van der Waals surface area (Å²) in [5, 5.41) is 3.10. The third kappa shape index (κ3) is 2.79. The molecule has 1 unspecified atom stereocenters. The van der Waals surface area contributed by atoms with Gasteiger partial charge in [-0.05, 0) is 26.7 Å². The summed E-state index contributed by atoms with van der Waals surface area (Å²) in [6, 6.07) is 4.32. The number of anilines is 2. The average Bonchev–Trinajstić information content (AvgIpc) is 2.96. The van der Waals surface area contributed by atoms with Gasteiger partial charge >= 0.3 is 0 Å². The first-order valence-electron chi connectivity index (χ1n) is 7.26. The molecule has 6 heteroatoms. The van der Waals surface area contributed by atoms with Crippen LogP contribution in [-0.2, 0) is 0 Å². The van der Waals surface area contributed by atoms with Gasteiger partial charge in [0.1, 0.15) is 23.8 Å². The number of aryl methyl sites for hydroxylation is 2. The molecule has 1 N–H and O–H groups in total. The van der Waals surface area contributed by atoms with Crippen molar-refractivity contribution in [3.8, 4) is 0 Å². The Morgan fingerprint density at radius 3 is 2.81 bits per heavy atom. The first kappa shape index (κ1) is 13.7. The van der Waals surface area contributed by atoms with E-state index in [4.69, 9.17) is 0 Å². The van der Waals surface area contributed by atoms with E-state index >= 15 is 0 Å². The van der Waals surface area contributed by atoms with Gasteiger partial charge in [-0.3, -0.25) is 0 Å². The summed E-state index contributed by atoms with van der Waals surface area (Å²) in [7, 11) is 1.88. The summed E-state index contributed by atoms with van der Waals surface area (Å²) >= 11 is 0. The topological polar surface area (TPSA) is 66.8 Å². The molecule has 3 heterocycles. The van der Waals surface area contributed by atoms with Crippen molar-refractivity contribution < 1.29 is 0 Å². The van der Waals surface area contributed by atoms with E-state index in [-0.39, 0.29) is 6.04 Å². The smallest absolute Gasteiger partial charge is 0.132 e. The van der Waals surface area contributed by atoms with Crippen LogP contribution in [0.2, 0.25) is 0 Å². The number of rotatable bonds is 3. The van der Waals surface area contributed by atoms with Crippen molar-refractivity contribution in [2.24, 2.45) is 0 Å². The molecule has 0 spiro atoms. The molecule has 110 valence electrons. The molecule has 2 aromatic rings. The number of aromatic nitrogens is 4. The SMILES string of the molecule is CNc1cc(C2CCCN2c2cc(C)ncn2)nc(C)n1. The third-order valence-electron chi connectivity index (χ3n) is 3.79. The van der Waals surface area contributed by atoms with Gasteiger partial charge in [0.2, 0.25) is 0 Å². The van der Waals surface area contributed by atoms with Crippen LogP contribution in [0.3, 0.4) is 0 Å². The number of hydrogen-bond acceptors (Lipinski definition) is 6. The molecule has 1 aliphatic rings. The second-order valence-electron chi connectivity index (χ2n) is 5.34.